The fourth-order valence-electron chi connectivity index (χ4n) is 1.46. The zero-order valence-electron chi connectivity index (χ0n) is 7.36. The lowest BCUT2D eigenvalue weighted by Crippen LogP contribution is -2.16. The molecular formula is C10H13NOS. The highest BCUT2D eigenvalue weighted by molar-refractivity contribution is 8.00. The predicted molar refractivity (Wildman–Crippen MR) is 55.0 cm³/mol. The van der Waals surface area contributed by atoms with Crippen LogP contribution in [0, 0.1) is 0 Å². The number of aromatic hydroxyl groups is 1. The Bertz CT molecular complexity index is 284. The van der Waals surface area contributed by atoms with Crippen LogP contribution in [0.2, 0.25) is 0 Å². The van der Waals surface area contributed by atoms with Crippen LogP contribution < -0.4 is 5.32 Å². The Morgan fingerprint density at radius 1 is 1.38 bits per heavy atom. The minimum atomic E-state index is 0.390. The molecule has 0 aromatic heterocycles. The highest BCUT2D eigenvalue weighted by Crippen LogP contribution is 2.32. The molecule has 0 amide bonds. The summed E-state index contributed by atoms with van der Waals surface area (Å²) in [4.78, 5) is 0.974. The Balaban J connectivity index is 2.04. The number of rotatable bonds is 2. The first kappa shape index (κ1) is 8.91. The Hall–Kier alpha value is -0.670. The molecule has 2 nitrogen and oxygen atoms in total. The van der Waals surface area contributed by atoms with Crippen LogP contribution in [-0.2, 0) is 0 Å². The minimum absolute atomic E-state index is 0.390. The first-order valence-electron chi connectivity index (χ1n) is 4.54. The Labute approximate surface area is 82.4 Å². The van der Waals surface area contributed by atoms with E-state index in [4.69, 9.17) is 0 Å². The van der Waals surface area contributed by atoms with Gasteiger partial charge in [0.25, 0.3) is 0 Å². The third-order valence-electron chi connectivity index (χ3n) is 2.15. The van der Waals surface area contributed by atoms with Gasteiger partial charge in [-0.15, -0.1) is 11.8 Å². The highest BCUT2D eigenvalue weighted by Gasteiger charge is 2.16. The van der Waals surface area contributed by atoms with Crippen molar-refractivity contribution in [3.05, 3.63) is 24.3 Å². The van der Waals surface area contributed by atoms with E-state index in [2.05, 4.69) is 5.32 Å². The third kappa shape index (κ3) is 2.17. The van der Waals surface area contributed by atoms with Crippen molar-refractivity contribution in [2.45, 2.75) is 23.1 Å². The summed E-state index contributed by atoms with van der Waals surface area (Å²) < 4.78 is 0. The van der Waals surface area contributed by atoms with Crippen molar-refractivity contribution >= 4 is 11.8 Å². The summed E-state index contributed by atoms with van der Waals surface area (Å²) in [6.45, 7) is 1.10. The van der Waals surface area contributed by atoms with Gasteiger partial charge in [-0.05, 0) is 31.5 Å². The predicted octanol–water partition coefficient (Wildman–Crippen LogP) is 2.19. The molecule has 0 bridgehead atoms. The molecule has 0 spiro atoms. The van der Waals surface area contributed by atoms with Crippen LogP contribution in [0.1, 0.15) is 12.8 Å². The molecule has 13 heavy (non-hydrogen) atoms. The van der Waals surface area contributed by atoms with Crippen LogP contribution in [0.15, 0.2) is 29.2 Å². The average Bonchev–Trinajstić information content (AvgIpc) is 2.61. The Morgan fingerprint density at radius 2 is 2.23 bits per heavy atom. The molecule has 1 fully saturated rings. The molecule has 0 aliphatic carbocycles. The molecule has 0 saturated carbocycles. The number of nitrogens with one attached hydrogen (secondary N) is 1. The van der Waals surface area contributed by atoms with Gasteiger partial charge in [-0.3, -0.25) is 0 Å². The number of hydrogen-bond acceptors (Lipinski definition) is 3. The zero-order valence-corrected chi connectivity index (χ0v) is 8.18. The van der Waals surface area contributed by atoms with Crippen LogP contribution in [0.5, 0.6) is 5.75 Å². The van der Waals surface area contributed by atoms with Crippen molar-refractivity contribution < 1.29 is 5.11 Å². The highest BCUT2D eigenvalue weighted by atomic mass is 32.2. The van der Waals surface area contributed by atoms with Crippen molar-refractivity contribution in [3.8, 4) is 5.75 Å². The SMILES string of the molecule is Oc1ccccc1SC1CCCN1. The number of hydrogen-bond donors (Lipinski definition) is 2. The lowest BCUT2D eigenvalue weighted by atomic mass is 10.3. The summed E-state index contributed by atoms with van der Waals surface area (Å²) in [6.07, 6.45) is 2.43. The molecule has 1 unspecified atom stereocenters. The monoisotopic (exact) mass is 195 g/mol. The Kier molecular flexibility index (Phi) is 2.76. The first-order valence-corrected chi connectivity index (χ1v) is 5.42. The third-order valence-corrected chi connectivity index (χ3v) is 3.44. The van der Waals surface area contributed by atoms with Gasteiger partial charge in [-0.2, -0.15) is 0 Å². The van der Waals surface area contributed by atoms with Gasteiger partial charge >= 0.3 is 0 Å². The molecule has 1 heterocycles. The molecule has 70 valence electrons. The van der Waals surface area contributed by atoms with E-state index in [0.29, 0.717) is 11.1 Å². The summed E-state index contributed by atoms with van der Waals surface area (Å²) in [5.41, 5.74) is 0. The smallest absolute Gasteiger partial charge is 0.129 e. The number of para-hydroxylation sites is 1. The number of benzene rings is 1. The number of phenols is 1. The molecule has 1 saturated heterocycles. The van der Waals surface area contributed by atoms with Crippen LogP contribution in [0.4, 0.5) is 0 Å². The summed E-state index contributed by atoms with van der Waals surface area (Å²) >= 11 is 1.72. The molecule has 2 N–H and O–H groups in total. The second-order valence-electron chi connectivity index (χ2n) is 3.17. The topological polar surface area (TPSA) is 32.3 Å². The van der Waals surface area contributed by atoms with E-state index in [9.17, 15) is 5.11 Å². The molecule has 1 aromatic carbocycles. The molecule has 2 rings (SSSR count). The lowest BCUT2D eigenvalue weighted by molar-refractivity contribution is 0.462. The van der Waals surface area contributed by atoms with Crippen molar-refractivity contribution in [2.75, 3.05) is 6.54 Å². The van der Waals surface area contributed by atoms with E-state index in [1.54, 1.807) is 17.8 Å². The molecule has 1 atom stereocenters. The van der Waals surface area contributed by atoms with E-state index >= 15 is 0 Å². The maximum atomic E-state index is 9.52. The van der Waals surface area contributed by atoms with E-state index < -0.39 is 0 Å². The summed E-state index contributed by atoms with van der Waals surface area (Å²) in [5.74, 6) is 0.390. The van der Waals surface area contributed by atoms with E-state index in [1.165, 1.54) is 12.8 Å². The second-order valence-corrected chi connectivity index (χ2v) is 4.42. The molecule has 0 radical (unpaired) electrons. The molecule has 1 aliphatic heterocycles. The van der Waals surface area contributed by atoms with Crippen molar-refractivity contribution in [1.29, 1.82) is 0 Å². The largest absolute Gasteiger partial charge is 0.507 e. The fraction of sp³-hybridized carbons (Fsp3) is 0.400. The lowest BCUT2D eigenvalue weighted by Gasteiger charge is -2.10. The van der Waals surface area contributed by atoms with Crippen molar-refractivity contribution in [1.82, 2.24) is 5.32 Å². The maximum Gasteiger partial charge on any atom is 0.129 e. The minimum Gasteiger partial charge on any atom is -0.507 e. The van der Waals surface area contributed by atoms with Crippen molar-refractivity contribution in [2.24, 2.45) is 0 Å². The molecule has 3 heteroatoms. The van der Waals surface area contributed by atoms with Crippen LogP contribution in [0.3, 0.4) is 0 Å². The van der Waals surface area contributed by atoms with Crippen LogP contribution in [0.25, 0.3) is 0 Å². The van der Waals surface area contributed by atoms with Gasteiger partial charge < -0.3 is 10.4 Å². The van der Waals surface area contributed by atoms with Gasteiger partial charge in [0.05, 0.1) is 10.3 Å². The van der Waals surface area contributed by atoms with E-state index in [1.807, 2.05) is 18.2 Å². The van der Waals surface area contributed by atoms with Crippen LogP contribution in [-0.4, -0.2) is 17.0 Å². The van der Waals surface area contributed by atoms with Gasteiger partial charge in [0.2, 0.25) is 0 Å². The van der Waals surface area contributed by atoms with Gasteiger partial charge in [0.1, 0.15) is 5.75 Å². The van der Waals surface area contributed by atoms with Gasteiger partial charge in [-0.1, -0.05) is 12.1 Å². The molecular weight excluding hydrogens is 182 g/mol. The normalized spacial score (nSPS) is 22.0. The molecule has 1 aromatic rings. The second kappa shape index (κ2) is 4.03. The van der Waals surface area contributed by atoms with Crippen molar-refractivity contribution in [3.63, 3.8) is 0 Å². The number of thioether (sulfide) groups is 1. The Morgan fingerprint density at radius 3 is 2.92 bits per heavy atom. The summed E-state index contributed by atoms with van der Waals surface area (Å²) in [7, 11) is 0. The molecule has 1 aliphatic rings. The maximum absolute atomic E-state index is 9.52. The summed E-state index contributed by atoms with van der Waals surface area (Å²) in [5, 5.41) is 13.4. The van der Waals surface area contributed by atoms with E-state index in [-0.39, 0.29) is 0 Å². The van der Waals surface area contributed by atoms with Gasteiger partial charge in [-0.25, -0.2) is 0 Å². The van der Waals surface area contributed by atoms with Crippen LogP contribution >= 0.6 is 11.8 Å². The first-order chi connectivity index (χ1) is 6.36. The standard InChI is InChI=1S/C10H13NOS/c12-8-4-1-2-5-9(8)13-10-6-3-7-11-10/h1-2,4-5,10-12H,3,6-7H2. The fourth-order valence-corrected chi connectivity index (χ4v) is 2.60. The number of phenolic OH excluding ortho intramolecular Hbond substituents is 1. The summed E-state index contributed by atoms with van der Waals surface area (Å²) in [6, 6.07) is 7.50. The van der Waals surface area contributed by atoms with E-state index in [0.717, 1.165) is 11.4 Å². The zero-order chi connectivity index (χ0) is 9.10. The van der Waals surface area contributed by atoms with Gasteiger partial charge in [0, 0.05) is 0 Å². The quantitative estimate of drug-likeness (QED) is 0.758. The van der Waals surface area contributed by atoms with Gasteiger partial charge in [0.15, 0.2) is 0 Å². The average molecular weight is 195 g/mol.